The molecule has 0 aliphatic heterocycles. The Labute approximate surface area is 121 Å². The van der Waals surface area contributed by atoms with Gasteiger partial charge in [-0.2, -0.15) is 0 Å². The van der Waals surface area contributed by atoms with E-state index in [4.69, 9.17) is 0 Å². The van der Waals surface area contributed by atoms with E-state index in [1.54, 1.807) is 0 Å². The summed E-state index contributed by atoms with van der Waals surface area (Å²) in [6, 6.07) is 0. The molecule has 114 valence electrons. The van der Waals surface area contributed by atoms with E-state index in [0.717, 1.165) is 12.5 Å². The van der Waals surface area contributed by atoms with Crippen molar-refractivity contribution >= 4 is 34.0 Å². The van der Waals surface area contributed by atoms with E-state index < -0.39 is 34.0 Å². The maximum atomic E-state index is 11.2. The van der Waals surface area contributed by atoms with E-state index in [2.05, 4.69) is 32.2 Å². The van der Waals surface area contributed by atoms with Crippen LogP contribution in [-0.2, 0) is 40.1 Å². The molecule has 0 saturated carbocycles. The SMILES string of the molecule is C=COS(=O)CC(=O)NCCNC(=O)CS(=O)OC=C. The Balaban J connectivity index is 3.70. The van der Waals surface area contributed by atoms with Crippen LogP contribution in [-0.4, -0.2) is 44.8 Å². The molecule has 2 atom stereocenters. The van der Waals surface area contributed by atoms with E-state index >= 15 is 0 Å². The lowest BCUT2D eigenvalue weighted by molar-refractivity contribution is -0.120. The van der Waals surface area contributed by atoms with Gasteiger partial charge in [-0.15, -0.1) is 0 Å². The van der Waals surface area contributed by atoms with Gasteiger partial charge in [0.2, 0.25) is 34.0 Å². The van der Waals surface area contributed by atoms with Crippen LogP contribution in [0.1, 0.15) is 0 Å². The van der Waals surface area contributed by atoms with Crippen molar-refractivity contribution in [3.8, 4) is 0 Å². The summed E-state index contributed by atoms with van der Waals surface area (Å²) in [6.45, 7) is 6.69. The minimum Gasteiger partial charge on any atom is -0.409 e. The van der Waals surface area contributed by atoms with Crippen molar-refractivity contribution in [3.63, 3.8) is 0 Å². The number of carbonyl (C=O) groups is 2. The number of nitrogens with one attached hydrogen (secondary N) is 2. The summed E-state index contributed by atoms with van der Waals surface area (Å²) in [5.74, 6) is -1.62. The van der Waals surface area contributed by atoms with Crippen molar-refractivity contribution in [3.05, 3.63) is 25.7 Å². The zero-order chi connectivity index (χ0) is 15.4. The standard InChI is InChI=1S/C10H16N2O6S2/c1-3-17-19(15)7-9(13)11-5-6-12-10(14)8-20(16)18-4-2/h3-4H,1-2,5-8H2,(H,11,13)(H,12,14). The third-order valence-electron chi connectivity index (χ3n) is 1.62. The van der Waals surface area contributed by atoms with Gasteiger partial charge >= 0.3 is 0 Å². The van der Waals surface area contributed by atoms with Crippen molar-refractivity contribution in [2.24, 2.45) is 0 Å². The summed E-state index contributed by atoms with van der Waals surface area (Å²) < 4.78 is 31.0. The fourth-order valence-corrected chi connectivity index (χ4v) is 2.01. The largest absolute Gasteiger partial charge is 0.409 e. The summed E-state index contributed by atoms with van der Waals surface area (Å²) in [5, 5.41) is 4.84. The highest BCUT2D eigenvalue weighted by atomic mass is 32.2. The highest BCUT2D eigenvalue weighted by Gasteiger charge is 2.09. The van der Waals surface area contributed by atoms with Crippen LogP contribution < -0.4 is 10.6 Å². The predicted octanol–water partition coefficient (Wildman–Crippen LogP) is -1.13. The Morgan fingerprint density at radius 3 is 1.55 bits per heavy atom. The molecule has 8 nitrogen and oxygen atoms in total. The van der Waals surface area contributed by atoms with Crippen molar-refractivity contribution in [1.82, 2.24) is 10.6 Å². The Kier molecular flexibility index (Phi) is 10.2. The lowest BCUT2D eigenvalue weighted by atomic mass is 10.5. The molecule has 0 aromatic heterocycles. The van der Waals surface area contributed by atoms with Gasteiger partial charge in [-0.05, 0) is 0 Å². The lowest BCUT2D eigenvalue weighted by Gasteiger charge is -2.06. The van der Waals surface area contributed by atoms with Crippen molar-refractivity contribution in [1.29, 1.82) is 0 Å². The number of rotatable bonds is 11. The first-order valence-corrected chi connectivity index (χ1v) is 7.84. The van der Waals surface area contributed by atoms with Crippen molar-refractivity contribution in [2.45, 2.75) is 0 Å². The molecule has 0 rings (SSSR count). The number of hydrogen-bond acceptors (Lipinski definition) is 6. The minimum absolute atomic E-state index is 0.144. The molecule has 10 heteroatoms. The number of amides is 2. The van der Waals surface area contributed by atoms with Gasteiger partial charge in [-0.25, -0.2) is 8.42 Å². The van der Waals surface area contributed by atoms with Crippen molar-refractivity contribution < 1.29 is 26.4 Å². The first kappa shape index (κ1) is 18.3. The van der Waals surface area contributed by atoms with E-state index in [1.165, 1.54) is 0 Å². The molecule has 0 aromatic rings. The fraction of sp³-hybridized carbons (Fsp3) is 0.400. The van der Waals surface area contributed by atoms with Gasteiger partial charge in [-0.1, -0.05) is 13.2 Å². The Bertz CT molecular complexity index is 375. The average Bonchev–Trinajstić information content (AvgIpc) is 2.35. The van der Waals surface area contributed by atoms with Crippen LogP contribution >= 0.6 is 0 Å². The normalized spacial score (nSPS) is 12.6. The van der Waals surface area contributed by atoms with Gasteiger partial charge in [-0.3, -0.25) is 9.59 Å². The highest BCUT2D eigenvalue weighted by Crippen LogP contribution is 1.86. The fourth-order valence-electron chi connectivity index (χ4n) is 0.940. The van der Waals surface area contributed by atoms with Crippen molar-refractivity contribution in [2.75, 3.05) is 24.6 Å². The van der Waals surface area contributed by atoms with E-state index in [9.17, 15) is 18.0 Å². The van der Waals surface area contributed by atoms with Gasteiger partial charge in [0, 0.05) is 13.1 Å². The van der Waals surface area contributed by atoms with Gasteiger partial charge < -0.3 is 19.0 Å². The molecule has 0 bridgehead atoms. The molecular formula is C10H16N2O6S2. The molecule has 0 aliphatic carbocycles. The molecule has 0 fully saturated rings. The maximum absolute atomic E-state index is 11.2. The van der Waals surface area contributed by atoms with Gasteiger partial charge in [0.05, 0.1) is 12.5 Å². The first-order chi connectivity index (χ1) is 9.49. The molecule has 0 heterocycles. The van der Waals surface area contributed by atoms with E-state index in [1.807, 2.05) is 0 Å². The lowest BCUT2D eigenvalue weighted by Crippen LogP contribution is -2.38. The molecule has 0 aromatic carbocycles. The molecule has 0 aliphatic rings. The topological polar surface area (TPSA) is 111 Å². The quantitative estimate of drug-likeness (QED) is 0.367. The monoisotopic (exact) mass is 324 g/mol. The van der Waals surface area contributed by atoms with Crippen LogP contribution in [0.4, 0.5) is 0 Å². The average molecular weight is 324 g/mol. The maximum Gasteiger partial charge on any atom is 0.236 e. The smallest absolute Gasteiger partial charge is 0.236 e. The number of hydrogen-bond donors (Lipinski definition) is 2. The number of carbonyl (C=O) groups excluding carboxylic acids is 2. The zero-order valence-corrected chi connectivity index (χ0v) is 12.3. The molecule has 0 spiro atoms. The molecule has 2 N–H and O–H groups in total. The highest BCUT2D eigenvalue weighted by molar-refractivity contribution is 7.81. The first-order valence-electron chi connectivity index (χ1n) is 5.35. The summed E-state index contributed by atoms with van der Waals surface area (Å²) >= 11 is -3.52. The Morgan fingerprint density at radius 1 is 0.900 bits per heavy atom. The molecule has 2 amide bonds. The van der Waals surface area contributed by atoms with Crippen LogP contribution in [0.15, 0.2) is 25.7 Å². The minimum atomic E-state index is -1.76. The van der Waals surface area contributed by atoms with Crippen LogP contribution in [0, 0.1) is 0 Å². The van der Waals surface area contributed by atoms with Gasteiger partial charge in [0.25, 0.3) is 0 Å². The van der Waals surface area contributed by atoms with Crippen LogP contribution in [0.3, 0.4) is 0 Å². The molecule has 2 unspecified atom stereocenters. The molecule has 0 radical (unpaired) electrons. The third kappa shape index (κ3) is 10.3. The third-order valence-corrected chi connectivity index (χ3v) is 3.32. The van der Waals surface area contributed by atoms with Crippen LogP contribution in [0.2, 0.25) is 0 Å². The summed E-state index contributed by atoms with van der Waals surface area (Å²) in [4.78, 5) is 22.5. The second-order valence-corrected chi connectivity index (χ2v) is 5.30. The van der Waals surface area contributed by atoms with E-state index in [-0.39, 0.29) is 24.6 Å². The second-order valence-electron chi connectivity index (χ2n) is 3.12. The summed E-state index contributed by atoms with van der Waals surface area (Å²) in [6.07, 6.45) is 1.96. The summed E-state index contributed by atoms with van der Waals surface area (Å²) in [7, 11) is 0. The van der Waals surface area contributed by atoms with Gasteiger partial charge in [0.15, 0.2) is 0 Å². The Hall–Kier alpha value is -1.68. The second kappa shape index (κ2) is 11.2. The molecule has 0 saturated heterocycles. The van der Waals surface area contributed by atoms with E-state index in [0.29, 0.717) is 0 Å². The van der Waals surface area contributed by atoms with Crippen LogP contribution in [0.5, 0.6) is 0 Å². The summed E-state index contributed by atoms with van der Waals surface area (Å²) in [5.41, 5.74) is 0. The zero-order valence-electron chi connectivity index (χ0n) is 10.7. The molecular weight excluding hydrogens is 308 g/mol. The van der Waals surface area contributed by atoms with Crippen LogP contribution in [0.25, 0.3) is 0 Å². The predicted molar refractivity (Wildman–Crippen MR) is 74.6 cm³/mol. The molecule has 20 heavy (non-hydrogen) atoms. The Morgan fingerprint density at radius 2 is 1.25 bits per heavy atom. The van der Waals surface area contributed by atoms with Gasteiger partial charge in [0.1, 0.15) is 11.5 Å².